The molecular formula is C15H26N2O3. The molecule has 3 atom stereocenters. The summed E-state index contributed by atoms with van der Waals surface area (Å²) in [5.41, 5.74) is 0. The van der Waals surface area contributed by atoms with Crippen molar-refractivity contribution in [1.29, 1.82) is 0 Å². The molecule has 0 spiro atoms. The minimum atomic E-state index is -0.0771. The van der Waals surface area contributed by atoms with Crippen LogP contribution >= 0.6 is 0 Å². The van der Waals surface area contributed by atoms with Gasteiger partial charge in [0.05, 0.1) is 5.92 Å². The first kappa shape index (κ1) is 15.3. The van der Waals surface area contributed by atoms with Crippen LogP contribution in [0.1, 0.15) is 45.4 Å². The number of likely N-dealkylation sites (tertiary alicyclic amines) is 1. The van der Waals surface area contributed by atoms with Gasteiger partial charge in [0.25, 0.3) is 0 Å². The molecule has 1 saturated carbocycles. The van der Waals surface area contributed by atoms with Crippen LogP contribution < -0.4 is 5.32 Å². The number of amides is 2. The molecule has 2 N–H and O–H groups in total. The zero-order valence-electron chi connectivity index (χ0n) is 12.3. The van der Waals surface area contributed by atoms with Crippen LogP contribution in [0, 0.1) is 11.8 Å². The highest BCUT2D eigenvalue weighted by molar-refractivity contribution is 5.82. The number of carbonyl (C=O) groups excluding carboxylic acids is 2. The van der Waals surface area contributed by atoms with E-state index in [2.05, 4.69) is 5.32 Å². The zero-order valence-corrected chi connectivity index (χ0v) is 12.3. The third kappa shape index (κ3) is 3.51. The molecular weight excluding hydrogens is 256 g/mol. The molecule has 0 radical (unpaired) electrons. The molecule has 5 nitrogen and oxygen atoms in total. The number of rotatable bonds is 4. The minimum Gasteiger partial charge on any atom is -0.396 e. The van der Waals surface area contributed by atoms with Crippen LogP contribution in [0.5, 0.6) is 0 Å². The van der Waals surface area contributed by atoms with E-state index in [0.717, 1.165) is 32.1 Å². The van der Waals surface area contributed by atoms with Crippen molar-refractivity contribution in [3.63, 3.8) is 0 Å². The average Bonchev–Trinajstić information content (AvgIpc) is 2.97. The van der Waals surface area contributed by atoms with Gasteiger partial charge in [0, 0.05) is 38.1 Å². The van der Waals surface area contributed by atoms with Gasteiger partial charge in [-0.15, -0.1) is 0 Å². The Kier molecular flexibility index (Phi) is 5.40. The quantitative estimate of drug-likeness (QED) is 0.805. The van der Waals surface area contributed by atoms with Crippen LogP contribution in [0.4, 0.5) is 0 Å². The molecule has 0 bridgehead atoms. The Hall–Kier alpha value is -1.10. The predicted octanol–water partition coefficient (Wildman–Crippen LogP) is 0.912. The second kappa shape index (κ2) is 7.07. The zero-order chi connectivity index (χ0) is 14.5. The topological polar surface area (TPSA) is 69.6 Å². The number of carbonyl (C=O) groups is 2. The number of nitrogens with one attached hydrogen (secondary N) is 1. The highest BCUT2D eigenvalue weighted by atomic mass is 16.3. The highest BCUT2D eigenvalue weighted by Crippen LogP contribution is 2.25. The van der Waals surface area contributed by atoms with E-state index in [4.69, 9.17) is 0 Å². The van der Waals surface area contributed by atoms with Crippen LogP contribution in [-0.2, 0) is 9.59 Å². The normalized spacial score (nSPS) is 30.3. The van der Waals surface area contributed by atoms with Gasteiger partial charge in [-0.3, -0.25) is 9.59 Å². The minimum absolute atomic E-state index is 0.0572. The Labute approximate surface area is 120 Å². The second-order valence-electron chi connectivity index (χ2n) is 6.02. The lowest BCUT2D eigenvalue weighted by Gasteiger charge is -2.31. The fourth-order valence-corrected chi connectivity index (χ4v) is 3.34. The van der Waals surface area contributed by atoms with E-state index in [1.165, 1.54) is 0 Å². The molecule has 2 aliphatic rings. The smallest absolute Gasteiger partial charge is 0.225 e. The molecule has 0 aromatic rings. The van der Waals surface area contributed by atoms with Crippen molar-refractivity contribution >= 4 is 11.8 Å². The number of aliphatic hydroxyl groups is 1. The standard InChI is InChI=1S/C15H26N2O3/c1-2-14(19)17-8-7-11(9-17)15(20)16-13-6-4-3-5-12(13)10-18/h11-13,18H,2-10H2,1H3,(H,16,20). The first-order valence-electron chi connectivity index (χ1n) is 7.84. The summed E-state index contributed by atoms with van der Waals surface area (Å²) in [4.78, 5) is 25.7. The molecule has 0 aromatic carbocycles. The second-order valence-corrected chi connectivity index (χ2v) is 6.02. The van der Waals surface area contributed by atoms with Gasteiger partial charge in [-0.2, -0.15) is 0 Å². The van der Waals surface area contributed by atoms with E-state index >= 15 is 0 Å². The van der Waals surface area contributed by atoms with E-state index in [1.807, 2.05) is 6.92 Å². The van der Waals surface area contributed by atoms with Crippen molar-refractivity contribution < 1.29 is 14.7 Å². The van der Waals surface area contributed by atoms with Gasteiger partial charge in [0.1, 0.15) is 0 Å². The Morgan fingerprint density at radius 2 is 2.00 bits per heavy atom. The summed E-state index contributed by atoms with van der Waals surface area (Å²) >= 11 is 0. The summed E-state index contributed by atoms with van der Waals surface area (Å²) in [7, 11) is 0. The van der Waals surface area contributed by atoms with Gasteiger partial charge in [-0.25, -0.2) is 0 Å². The fourth-order valence-electron chi connectivity index (χ4n) is 3.34. The summed E-state index contributed by atoms with van der Waals surface area (Å²) in [6.07, 6.45) is 5.47. The van der Waals surface area contributed by atoms with Crippen LogP contribution in [0.2, 0.25) is 0 Å². The van der Waals surface area contributed by atoms with Crippen LogP contribution in [-0.4, -0.2) is 47.6 Å². The van der Waals surface area contributed by atoms with Crippen molar-refractivity contribution in [3.8, 4) is 0 Å². The molecule has 0 aromatic heterocycles. The van der Waals surface area contributed by atoms with Crippen LogP contribution in [0.3, 0.4) is 0 Å². The van der Waals surface area contributed by atoms with Crippen molar-refractivity contribution in [2.45, 2.75) is 51.5 Å². The summed E-state index contributed by atoms with van der Waals surface area (Å²) in [6.45, 7) is 3.24. The van der Waals surface area contributed by atoms with Gasteiger partial charge in [-0.1, -0.05) is 19.8 Å². The van der Waals surface area contributed by atoms with Crippen LogP contribution in [0.15, 0.2) is 0 Å². The van der Waals surface area contributed by atoms with E-state index in [1.54, 1.807) is 4.90 Å². The van der Waals surface area contributed by atoms with Crippen molar-refractivity contribution in [3.05, 3.63) is 0 Å². The van der Waals surface area contributed by atoms with Gasteiger partial charge in [-0.05, 0) is 19.3 Å². The molecule has 1 aliphatic heterocycles. The first-order valence-corrected chi connectivity index (χ1v) is 7.84. The van der Waals surface area contributed by atoms with Crippen LogP contribution in [0.25, 0.3) is 0 Å². The number of hydrogen-bond donors (Lipinski definition) is 2. The number of hydrogen-bond acceptors (Lipinski definition) is 3. The molecule has 3 unspecified atom stereocenters. The van der Waals surface area contributed by atoms with E-state index in [0.29, 0.717) is 19.5 Å². The molecule has 1 heterocycles. The predicted molar refractivity (Wildman–Crippen MR) is 76.0 cm³/mol. The molecule has 1 saturated heterocycles. The Bertz CT molecular complexity index is 359. The molecule has 1 aliphatic carbocycles. The average molecular weight is 282 g/mol. The SMILES string of the molecule is CCC(=O)N1CCC(C(=O)NC2CCCCC2CO)C1. The summed E-state index contributed by atoms with van der Waals surface area (Å²) in [5, 5.41) is 12.5. The van der Waals surface area contributed by atoms with Crippen molar-refractivity contribution in [1.82, 2.24) is 10.2 Å². The van der Waals surface area contributed by atoms with Crippen molar-refractivity contribution in [2.75, 3.05) is 19.7 Å². The summed E-state index contributed by atoms with van der Waals surface area (Å²) in [5.74, 6) is 0.308. The third-order valence-corrected chi connectivity index (χ3v) is 4.69. The van der Waals surface area contributed by atoms with Crippen molar-refractivity contribution in [2.24, 2.45) is 11.8 Å². The Morgan fingerprint density at radius 1 is 1.25 bits per heavy atom. The van der Waals surface area contributed by atoms with Gasteiger partial charge < -0.3 is 15.3 Å². The molecule has 20 heavy (non-hydrogen) atoms. The number of nitrogens with zero attached hydrogens (tertiary/aromatic N) is 1. The van der Waals surface area contributed by atoms with Gasteiger partial charge in [0.15, 0.2) is 0 Å². The summed E-state index contributed by atoms with van der Waals surface area (Å²) < 4.78 is 0. The maximum atomic E-state index is 12.3. The Balaban J connectivity index is 1.84. The van der Waals surface area contributed by atoms with Gasteiger partial charge in [0.2, 0.25) is 11.8 Å². The lowest BCUT2D eigenvalue weighted by atomic mass is 9.84. The molecule has 5 heteroatoms. The highest BCUT2D eigenvalue weighted by Gasteiger charge is 2.33. The molecule has 2 rings (SSSR count). The van der Waals surface area contributed by atoms with E-state index in [-0.39, 0.29) is 36.3 Å². The number of aliphatic hydroxyl groups excluding tert-OH is 1. The summed E-state index contributed by atoms with van der Waals surface area (Å²) in [6, 6.07) is 0.108. The maximum absolute atomic E-state index is 12.3. The fraction of sp³-hybridized carbons (Fsp3) is 0.867. The largest absolute Gasteiger partial charge is 0.396 e. The maximum Gasteiger partial charge on any atom is 0.225 e. The molecule has 2 amide bonds. The molecule has 2 fully saturated rings. The monoisotopic (exact) mass is 282 g/mol. The Morgan fingerprint density at radius 3 is 2.70 bits per heavy atom. The molecule has 114 valence electrons. The van der Waals surface area contributed by atoms with Gasteiger partial charge >= 0.3 is 0 Å². The first-order chi connectivity index (χ1) is 9.65. The lowest BCUT2D eigenvalue weighted by Crippen LogP contribution is -2.46. The third-order valence-electron chi connectivity index (χ3n) is 4.69. The van der Waals surface area contributed by atoms with E-state index in [9.17, 15) is 14.7 Å². The lowest BCUT2D eigenvalue weighted by molar-refractivity contribution is -0.130. The van der Waals surface area contributed by atoms with E-state index < -0.39 is 0 Å².